The van der Waals surface area contributed by atoms with Crippen LogP contribution in [0.5, 0.6) is 0 Å². The molecule has 0 heterocycles. The highest BCUT2D eigenvalue weighted by Crippen LogP contribution is 2.08. The van der Waals surface area contributed by atoms with E-state index < -0.39 is 6.10 Å². The molecule has 0 spiro atoms. The standard InChI is InChI=1S/C16H30O3/c1-4-5-6-7-13-19-16(18)12-11-15(17)10-8-9-14(2)3/h9,15,17H,4-8,10-13H2,1-3H3. The summed E-state index contributed by atoms with van der Waals surface area (Å²) in [6, 6.07) is 0. The van der Waals surface area contributed by atoms with E-state index in [9.17, 15) is 9.90 Å². The van der Waals surface area contributed by atoms with E-state index in [1.807, 2.05) is 13.8 Å². The van der Waals surface area contributed by atoms with E-state index in [2.05, 4.69) is 13.0 Å². The van der Waals surface area contributed by atoms with E-state index in [1.165, 1.54) is 18.4 Å². The number of unbranched alkanes of at least 4 members (excludes halogenated alkanes) is 3. The Balaban J connectivity index is 3.47. The maximum Gasteiger partial charge on any atom is 0.305 e. The second kappa shape index (κ2) is 12.2. The summed E-state index contributed by atoms with van der Waals surface area (Å²) < 4.78 is 5.12. The summed E-state index contributed by atoms with van der Waals surface area (Å²) in [5, 5.41) is 9.72. The maximum absolute atomic E-state index is 11.4. The smallest absolute Gasteiger partial charge is 0.305 e. The lowest BCUT2D eigenvalue weighted by atomic mass is 10.1. The predicted octanol–water partition coefficient (Wildman–Crippen LogP) is 4.00. The summed E-state index contributed by atoms with van der Waals surface area (Å²) >= 11 is 0. The predicted molar refractivity (Wildman–Crippen MR) is 79.0 cm³/mol. The van der Waals surface area contributed by atoms with Gasteiger partial charge in [-0.25, -0.2) is 0 Å². The van der Waals surface area contributed by atoms with Gasteiger partial charge < -0.3 is 9.84 Å². The third kappa shape index (κ3) is 13.4. The molecule has 1 atom stereocenters. The molecule has 0 rings (SSSR count). The number of ether oxygens (including phenoxy) is 1. The average molecular weight is 270 g/mol. The summed E-state index contributed by atoms with van der Waals surface area (Å²) in [5.41, 5.74) is 1.26. The van der Waals surface area contributed by atoms with Crippen LogP contribution >= 0.6 is 0 Å². The van der Waals surface area contributed by atoms with Crippen LogP contribution in [-0.2, 0) is 9.53 Å². The van der Waals surface area contributed by atoms with Gasteiger partial charge in [0.1, 0.15) is 0 Å². The van der Waals surface area contributed by atoms with Crippen molar-refractivity contribution in [3.05, 3.63) is 11.6 Å². The van der Waals surface area contributed by atoms with Gasteiger partial charge in [0.15, 0.2) is 0 Å². The number of esters is 1. The Morgan fingerprint density at radius 1 is 1.21 bits per heavy atom. The van der Waals surface area contributed by atoms with E-state index >= 15 is 0 Å². The van der Waals surface area contributed by atoms with Crippen molar-refractivity contribution in [3.63, 3.8) is 0 Å². The van der Waals surface area contributed by atoms with E-state index in [4.69, 9.17) is 4.74 Å². The van der Waals surface area contributed by atoms with Crippen LogP contribution in [0.25, 0.3) is 0 Å². The van der Waals surface area contributed by atoms with Gasteiger partial charge in [-0.3, -0.25) is 4.79 Å². The third-order valence-electron chi connectivity index (χ3n) is 3.00. The molecule has 0 aliphatic carbocycles. The van der Waals surface area contributed by atoms with Crippen molar-refractivity contribution >= 4 is 5.97 Å². The number of aliphatic hydroxyl groups is 1. The Labute approximate surface area is 118 Å². The van der Waals surface area contributed by atoms with Crippen LogP contribution < -0.4 is 0 Å². The van der Waals surface area contributed by atoms with Crippen molar-refractivity contribution in [1.29, 1.82) is 0 Å². The second-order valence-corrected chi connectivity index (χ2v) is 5.33. The number of aliphatic hydroxyl groups excluding tert-OH is 1. The highest BCUT2D eigenvalue weighted by molar-refractivity contribution is 5.69. The normalized spacial score (nSPS) is 12.0. The SMILES string of the molecule is CCCCCCOC(=O)CCC(O)CCC=C(C)C. The molecule has 0 bridgehead atoms. The molecule has 1 N–H and O–H groups in total. The largest absolute Gasteiger partial charge is 0.466 e. The Morgan fingerprint density at radius 3 is 2.58 bits per heavy atom. The summed E-state index contributed by atoms with van der Waals surface area (Å²) in [7, 11) is 0. The Kier molecular flexibility index (Phi) is 11.7. The third-order valence-corrected chi connectivity index (χ3v) is 3.00. The van der Waals surface area contributed by atoms with Gasteiger partial charge in [0.2, 0.25) is 0 Å². The fraction of sp³-hybridized carbons (Fsp3) is 0.812. The molecular weight excluding hydrogens is 240 g/mol. The van der Waals surface area contributed by atoms with Gasteiger partial charge in [-0.2, -0.15) is 0 Å². The number of hydrogen-bond acceptors (Lipinski definition) is 3. The van der Waals surface area contributed by atoms with Gasteiger partial charge in [-0.15, -0.1) is 0 Å². The van der Waals surface area contributed by atoms with Gasteiger partial charge in [0, 0.05) is 6.42 Å². The molecule has 3 heteroatoms. The number of hydrogen-bond donors (Lipinski definition) is 1. The molecule has 19 heavy (non-hydrogen) atoms. The molecule has 1 unspecified atom stereocenters. The molecule has 0 fully saturated rings. The van der Waals surface area contributed by atoms with Crippen LogP contribution in [-0.4, -0.2) is 23.8 Å². The summed E-state index contributed by atoms with van der Waals surface area (Å²) in [6.07, 6.45) is 8.57. The van der Waals surface area contributed by atoms with Gasteiger partial charge >= 0.3 is 5.97 Å². The van der Waals surface area contributed by atoms with Crippen LogP contribution in [0, 0.1) is 0 Å². The van der Waals surface area contributed by atoms with Crippen LogP contribution in [0.4, 0.5) is 0 Å². The topological polar surface area (TPSA) is 46.5 Å². The first-order valence-corrected chi connectivity index (χ1v) is 7.53. The molecule has 0 aromatic heterocycles. The van der Waals surface area contributed by atoms with Crippen LogP contribution in [0.2, 0.25) is 0 Å². The number of carbonyl (C=O) groups is 1. The zero-order valence-electron chi connectivity index (χ0n) is 12.8. The molecule has 112 valence electrons. The Hall–Kier alpha value is -0.830. The molecule has 0 amide bonds. The molecule has 0 saturated heterocycles. The van der Waals surface area contributed by atoms with E-state index in [0.29, 0.717) is 19.4 Å². The van der Waals surface area contributed by atoms with Crippen molar-refractivity contribution in [2.75, 3.05) is 6.61 Å². The minimum absolute atomic E-state index is 0.183. The molecular formula is C16H30O3. The van der Waals surface area contributed by atoms with Crippen molar-refractivity contribution in [2.45, 2.75) is 78.2 Å². The average Bonchev–Trinajstić information content (AvgIpc) is 2.35. The lowest BCUT2D eigenvalue weighted by Gasteiger charge is -2.09. The van der Waals surface area contributed by atoms with Gasteiger partial charge in [-0.05, 0) is 39.5 Å². The lowest BCUT2D eigenvalue weighted by molar-refractivity contribution is -0.144. The molecule has 0 aliphatic rings. The molecule has 3 nitrogen and oxygen atoms in total. The zero-order valence-corrected chi connectivity index (χ0v) is 12.8. The van der Waals surface area contributed by atoms with Gasteiger partial charge in [0.05, 0.1) is 12.7 Å². The highest BCUT2D eigenvalue weighted by Gasteiger charge is 2.08. The summed E-state index contributed by atoms with van der Waals surface area (Å²) in [4.78, 5) is 11.4. The quantitative estimate of drug-likeness (QED) is 0.351. The van der Waals surface area contributed by atoms with Crippen LogP contribution in [0.1, 0.15) is 72.1 Å². The molecule has 0 saturated carbocycles. The fourth-order valence-corrected chi connectivity index (χ4v) is 1.78. The van der Waals surface area contributed by atoms with E-state index in [0.717, 1.165) is 25.7 Å². The Morgan fingerprint density at radius 2 is 1.95 bits per heavy atom. The van der Waals surface area contributed by atoms with Crippen molar-refractivity contribution in [1.82, 2.24) is 0 Å². The summed E-state index contributed by atoms with van der Waals surface area (Å²) in [6.45, 7) is 6.76. The fourth-order valence-electron chi connectivity index (χ4n) is 1.78. The molecule has 0 aromatic carbocycles. The second-order valence-electron chi connectivity index (χ2n) is 5.33. The first-order chi connectivity index (χ1) is 9.06. The molecule has 0 aromatic rings. The first kappa shape index (κ1) is 18.2. The van der Waals surface area contributed by atoms with Crippen LogP contribution in [0.3, 0.4) is 0 Å². The number of carbonyl (C=O) groups excluding carboxylic acids is 1. The minimum Gasteiger partial charge on any atom is -0.466 e. The van der Waals surface area contributed by atoms with Gasteiger partial charge in [-0.1, -0.05) is 37.8 Å². The van der Waals surface area contributed by atoms with Crippen LogP contribution in [0.15, 0.2) is 11.6 Å². The zero-order chi connectivity index (χ0) is 14.5. The first-order valence-electron chi connectivity index (χ1n) is 7.53. The molecule has 0 aliphatic heterocycles. The summed E-state index contributed by atoms with van der Waals surface area (Å²) in [5.74, 6) is -0.183. The minimum atomic E-state index is -0.400. The van der Waals surface area contributed by atoms with Gasteiger partial charge in [0.25, 0.3) is 0 Å². The molecule has 0 radical (unpaired) electrons. The number of rotatable bonds is 11. The van der Waals surface area contributed by atoms with Crippen molar-refractivity contribution < 1.29 is 14.6 Å². The Bertz CT molecular complexity index is 255. The lowest BCUT2D eigenvalue weighted by Crippen LogP contribution is -2.12. The van der Waals surface area contributed by atoms with Crippen molar-refractivity contribution in [2.24, 2.45) is 0 Å². The maximum atomic E-state index is 11.4. The van der Waals surface area contributed by atoms with Crippen molar-refractivity contribution in [3.8, 4) is 0 Å². The monoisotopic (exact) mass is 270 g/mol. The van der Waals surface area contributed by atoms with E-state index in [-0.39, 0.29) is 5.97 Å². The highest BCUT2D eigenvalue weighted by atomic mass is 16.5. The number of allylic oxidation sites excluding steroid dienone is 2. The van der Waals surface area contributed by atoms with E-state index in [1.54, 1.807) is 0 Å².